The molecule has 1 fully saturated rings. The molecule has 2 heterocycles. The number of alkyl halides is 1. The lowest BCUT2D eigenvalue weighted by molar-refractivity contribution is -0.137. The van der Waals surface area contributed by atoms with Crippen molar-refractivity contribution >= 4 is 27.5 Å². The van der Waals surface area contributed by atoms with E-state index in [1.54, 1.807) is 16.2 Å². The van der Waals surface area contributed by atoms with Crippen molar-refractivity contribution in [1.82, 2.24) is 9.88 Å². The minimum absolute atomic E-state index is 0.0346. The topological polar surface area (TPSA) is 59.2 Å². The number of likely N-dealkylation sites (tertiary alicyclic amines) is 1. The second kappa shape index (κ2) is 6.93. The Morgan fingerprint density at radius 1 is 1.52 bits per heavy atom. The van der Waals surface area contributed by atoms with Crippen molar-refractivity contribution in [3.8, 4) is 0 Å². The molecule has 1 saturated heterocycles. The number of rotatable bonds is 4. The third kappa shape index (κ3) is 3.53. The predicted octanol–water partition coefficient (Wildman–Crippen LogP) is 2.91. The Labute approximate surface area is 139 Å². The quantitative estimate of drug-likeness (QED) is 0.934. The Morgan fingerprint density at radius 3 is 3.04 bits per heavy atom. The van der Waals surface area contributed by atoms with E-state index < -0.39 is 12.2 Å². The molecule has 1 aliphatic heterocycles. The molecule has 23 heavy (non-hydrogen) atoms. The molecule has 6 heteroatoms. The highest BCUT2D eigenvalue weighted by Crippen LogP contribution is 2.25. The number of carbonyl (C=O) groups excluding carboxylic acids is 1. The van der Waals surface area contributed by atoms with Crippen molar-refractivity contribution in [2.24, 2.45) is 5.73 Å². The number of para-hydroxylation sites is 1. The number of fused-ring (bicyclic) bond motifs is 1. The molecule has 0 radical (unpaired) electrons. The van der Waals surface area contributed by atoms with E-state index >= 15 is 0 Å². The van der Waals surface area contributed by atoms with Crippen LogP contribution < -0.4 is 5.73 Å². The average Bonchev–Trinajstić information content (AvgIpc) is 2.96. The van der Waals surface area contributed by atoms with Gasteiger partial charge in [-0.1, -0.05) is 19.1 Å². The van der Waals surface area contributed by atoms with Crippen molar-refractivity contribution in [2.45, 2.75) is 50.9 Å². The summed E-state index contributed by atoms with van der Waals surface area (Å²) in [7, 11) is 0. The van der Waals surface area contributed by atoms with Crippen LogP contribution in [0.1, 0.15) is 31.2 Å². The molecule has 1 aromatic heterocycles. The summed E-state index contributed by atoms with van der Waals surface area (Å²) in [5.41, 5.74) is 7.08. The van der Waals surface area contributed by atoms with E-state index in [1.807, 2.05) is 31.2 Å². The fraction of sp³-hybridized carbons (Fsp3) is 0.529. The first-order chi connectivity index (χ1) is 11.1. The van der Waals surface area contributed by atoms with Crippen LogP contribution in [0, 0.1) is 0 Å². The largest absolute Gasteiger partial charge is 0.338 e. The molecule has 1 aromatic carbocycles. The van der Waals surface area contributed by atoms with Gasteiger partial charge in [0, 0.05) is 19.0 Å². The normalized spacial score (nSPS) is 23.2. The van der Waals surface area contributed by atoms with Crippen molar-refractivity contribution < 1.29 is 9.18 Å². The van der Waals surface area contributed by atoms with Crippen LogP contribution in [-0.2, 0) is 11.2 Å². The fourth-order valence-electron chi connectivity index (χ4n) is 3.17. The number of amides is 1. The molecule has 1 amide bonds. The lowest BCUT2D eigenvalue weighted by Crippen LogP contribution is -2.53. The summed E-state index contributed by atoms with van der Waals surface area (Å²) in [6, 6.07) is 7.25. The second-order valence-corrected chi connectivity index (χ2v) is 7.22. The van der Waals surface area contributed by atoms with Gasteiger partial charge in [0.25, 0.3) is 0 Å². The van der Waals surface area contributed by atoms with Gasteiger partial charge < -0.3 is 10.6 Å². The Balaban J connectivity index is 1.69. The molecule has 3 rings (SSSR count). The number of hydrogen-bond donors (Lipinski definition) is 1. The van der Waals surface area contributed by atoms with Gasteiger partial charge in [0.2, 0.25) is 5.91 Å². The highest BCUT2D eigenvalue weighted by Gasteiger charge is 2.33. The summed E-state index contributed by atoms with van der Waals surface area (Å²) < 4.78 is 14.6. The molecule has 2 unspecified atom stereocenters. The summed E-state index contributed by atoms with van der Waals surface area (Å²) >= 11 is 1.57. The molecular formula is C17H22FN3OS. The van der Waals surface area contributed by atoms with E-state index in [1.165, 1.54) is 0 Å². The Bertz CT molecular complexity index is 656. The van der Waals surface area contributed by atoms with Crippen molar-refractivity contribution in [1.29, 1.82) is 0 Å². The molecule has 3 atom stereocenters. The molecule has 1 aliphatic rings. The summed E-state index contributed by atoms with van der Waals surface area (Å²) in [5.74, 6) is -0.0805. The van der Waals surface area contributed by atoms with Gasteiger partial charge in [0.05, 0.1) is 21.3 Å². The minimum atomic E-state index is -0.801. The SMILES string of the molecule is CCC1CC(F)CCN1C(=O)[C@@H](N)Cc1nc2ccccc2s1. The second-order valence-electron chi connectivity index (χ2n) is 6.10. The van der Waals surface area contributed by atoms with E-state index in [0.717, 1.165) is 21.6 Å². The van der Waals surface area contributed by atoms with Gasteiger partial charge in [-0.3, -0.25) is 4.79 Å². The minimum Gasteiger partial charge on any atom is -0.338 e. The molecule has 0 bridgehead atoms. The molecule has 0 aliphatic carbocycles. The van der Waals surface area contributed by atoms with Gasteiger partial charge in [-0.2, -0.15) is 0 Å². The van der Waals surface area contributed by atoms with Crippen LogP contribution in [-0.4, -0.2) is 40.6 Å². The number of halogens is 1. The molecule has 2 aromatic rings. The first-order valence-corrected chi connectivity index (χ1v) is 8.94. The van der Waals surface area contributed by atoms with E-state index in [-0.39, 0.29) is 11.9 Å². The van der Waals surface area contributed by atoms with Gasteiger partial charge in [0.15, 0.2) is 0 Å². The number of nitrogens with two attached hydrogens (primary N) is 1. The molecule has 124 valence electrons. The maximum Gasteiger partial charge on any atom is 0.240 e. The van der Waals surface area contributed by atoms with Crippen molar-refractivity contribution in [2.75, 3.05) is 6.54 Å². The molecule has 2 N–H and O–H groups in total. The zero-order valence-corrected chi connectivity index (χ0v) is 14.1. The number of hydrogen-bond acceptors (Lipinski definition) is 4. The zero-order chi connectivity index (χ0) is 16.4. The summed E-state index contributed by atoms with van der Waals surface area (Å²) in [6.45, 7) is 2.45. The number of piperidine rings is 1. The lowest BCUT2D eigenvalue weighted by atomic mass is 9.97. The van der Waals surface area contributed by atoms with Crippen LogP contribution >= 0.6 is 11.3 Å². The average molecular weight is 335 g/mol. The van der Waals surface area contributed by atoms with Gasteiger partial charge in [0.1, 0.15) is 6.17 Å². The summed E-state index contributed by atoms with van der Waals surface area (Å²) in [6.07, 6.45) is 1.24. The maximum absolute atomic E-state index is 13.5. The zero-order valence-electron chi connectivity index (χ0n) is 13.2. The van der Waals surface area contributed by atoms with Crippen LogP contribution in [0.25, 0.3) is 10.2 Å². The Hall–Kier alpha value is -1.53. The number of benzene rings is 1. The van der Waals surface area contributed by atoms with E-state index in [2.05, 4.69) is 4.98 Å². The standard InChI is InChI=1S/C17H22FN3OS/c1-2-12-9-11(18)7-8-21(12)17(22)13(19)10-16-20-14-5-3-4-6-15(14)23-16/h3-6,11-13H,2,7-10,19H2,1H3/t11?,12?,13-/m0/s1. The Morgan fingerprint density at radius 2 is 2.30 bits per heavy atom. The van der Waals surface area contributed by atoms with Crippen LogP contribution in [0.2, 0.25) is 0 Å². The van der Waals surface area contributed by atoms with E-state index in [4.69, 9.17) is 5.73 Å². The highest BCUT2D eigenvalue weighted by molar-refractivity contribution is 7.18. The van der Waals surface area contributed by atoms with Crippen LogP contribution in [0.3, 0.4) is 0 Å². The van der Waals surface area contributed by atoms with E-state index in [0.29, 0.717) is 25.8 Å². The van der Waals surface area contributed by atoms with Crippen LogP contribution in [0.4, 0.5) is 4.39 Å². The van der Waals surface area contributed by atoms with Crippen LogP contribution in [0.5, 0.6) is 0 Å². The van der Waals surface area contributed by atoms with Gasteiger partial charge >= 0.3 is 0 Å². The maximum atomic E-state index is 13.5. The molecular weight excluding hydrogens is 313 g/mol. The molecule has 0 saturated carbocycles. The monoisotopic (exact) mass is 335 g/mol. The number of aromatic nitrogens is 1. The predicted molar refractivity (Wildman–Crippen MR) is 91.2 cm³/mol. The lowest BCUT2D eigenvalue weighted by Gasteiger charge is -2.38. The van der Waals surface area contributed by atoms with Crippen molar-refractivity contribution in [3.63, 3.8) is 0 Å². The summed E-state index contributed by atoms with van der Waals surface area (Å²) in [5, 5.41) is 0.875. The van der Waals surface area contributed by atoms with E-state index in [9.17, 15) is 9.18 Å². The third-order valence-electron chi connectivity index (χ3n) is 4.46. The van der Waals surface area contributed by atoms with Crippen LogP contribution in [0.15, 0.2) is 24.3 Å². The van der Waals surface area contributed by atoms with Gasteiger partial charge in [-0.05, 0) is 31.4 Å². The number of nitrogens with zero attached hydrogens (tertiary/aromatic N) is 2. The van der Waals surface area contributed by atoms with Crippen molar-refractivity contribution in [3.05, 3.63) is 29.3 Å². The summed E-state index contributed by atoms with van der Waals surface area (Å²) in [4.78, 5) is 19.0. The molecule has 4 nitrogen and oxygen atoms in total. The fourth-order valence-corrected chi connectivity index (χ4v) is 4.20. The first-order valence-electron chi connectivity index (χ1n) is 8.13. The highest BCUT2D eigenvalue weighted by atomic mass is 32.1. The smallest absolute Gasteiger partial charge is 0.240 e. The Kier molecular flexibility index (Phi) is 4.92. The number of thiazole rings is 1. The third-order valence-corrected chi connectivity index (χ3v) is 5.51. The van der Waals surface area contributed by atoms with Gasteiger partial charge in [-0.25, -0.2) is 9.37 Å². The van der Waals surface area contributed by atoms with Gasteiger partial charge in [-0.15, -0.1) is 11.3 Å². The number of carbonyl (C=O) groups is 1. The molecule has 0 spiro atoms. The first kappa shape index (κ1) is 16.3.